The molecule has 1 aromatic carbocycles. The molecule has 0 bridgehead atoms. The lowest BCUT2D eigenvalue weighted by atomic mass is 10.1. The van der Waals surface area contributed by atoms with Crippen molar-refractivity contribution in [2.45, 2.75) is 38.1 Å². The van der Waals surface area contributed by atoms with Crippen molar-refractivity contribution in [3.8, 4) is 5.75 Å². The number of unbranched alkanes of at least 4 members (excludes halogenated alkanes) is 3. The van der Waals surface area contributed by atoms with E-state index in [1.54, 1.807) is 17.4 Å². The van der Waals surface area contributed by atoms with E-state index >= 15 is 0 Å². The fourth-order valence-corrected chi connectivity index (χ4v) is 2.21. The second-order valence-corrected chi connectivity index (χ2v) is 5.52. The van der Waals surface area contributed by atoms with Crippen molar-refractivity contribution in [1.29, 1.82) is 0 Å². The van der Waals surface area contributed by atoms with Crippen LogP contribution in [0.15, 0.2) is 24.3 Å². The van der Waals surface area contributed by atoms with E-state index in [4.69, 9.17) is 0 Å². The fourth-order valence-electron chi connectivity index (χ4n) is 2.21. The molecule has 23 heavy (non-hydrogen) atoms. The molecule has 7 heteroatoms. The minimum Gasteiger partial charge on any atom is -0.544 e. The SMILES string of the molecule is [NH3+]CCCCCC[NH2+][C@@H](CC(=O)Nc1ccc(O)cc1)C(=O)[O-]. The van der Waals surface area contributed by atoms with Gasteiger partial charge >= 0.3 is 0 Å². The number of nitrogens with one attached hydrogen (secondary N) is 1. The van der Waals surface area contributed by atoms with Crippen LogP contribution in [0.25, 0.3) is 0 Å². The van der Waals surface area contributed by atoms with Crippen molar-refractivity contribution in [3.05, 3.63) is 24.3 Å². The number of quaternary nitrogens is 2. The number of amides is 1. The molecule has 1 amide bonds. The smallest absolute Gasteiger partial charge is 0.230 e. The number of aliphatic carboxylic acids is 1. The van der Waals surface area contributed by atoms with Gasteiger partial charge in [0.15, 0.2) is 0 Å². The first-order valence-corrected chi connectivity index (χ1v) is 7.95. The molecule has 0 aliphatic rings. The van der Waals surface area contributed by atoms with E-state index in [0.29, 0.717) is 12.2 Å². The zero-order valence-electron chi connectivity index (χ0n) is 13.3. The number of phenolic OH excluding ortho intramolecular Hbond substituents is 1. The number of carbonyl (C=O) groups is 2. The largest absolute Gasteiger partial charge is 0.544 e. The number of carboxylic acids is 1. The van der Waals surface area contributed by atoms with Crippen LogP contribution >= 0.6 is 0 Å². The number of carbonyl (C=O) groups excluding carboxylic acids is 2. The number of hydrogen-bond acceptors (Lipinski definition) is 4. The first-order valence-electron chi connectivity index (χ1n) is 7.95. The van der Waals surface area contributed by atoms with Crippen molar-refractivity contribution in [1.82, 2.24) is 0 Å². The molecule has 0 saturated heterocycles. The van der Waals surface area contributed by atoms with E-state index in [2.05, 4.69) is 11.1 Å². The van der Waals surface area contributed by atoms with Crippen molar-refractivity contribution < 1.29 is 30.9 Å². The van der Waals surface area contributed by atoms with Crippen LogP contribution in [0.5, 0.6) is 5.75 Å². The number of rotatable bonds is 11. The van der Waals surface area contributed by atoms with Gasteiger partial charge in [-0.15, -0.1) is 0 Å². The average molecular weight is 324 g/mol. The van der Waals surface area contributed by atoms with Crippen molar-refractivity contribution >= 4 is 17.6 Å². The molecule has 1 rings (SSSR count). The Morgan fingerprint density at radius 1 is 1.17 bits per heavy atom. The number of carboxylic acid groups (broad SMARTS) is 1. The zero-order chi connectivity index (χ0) is 17.1. The summed E-state index contributed by atoms with van der Waals surface area (Å²) in [6, 6.07) is 5.11. The molecule has 0 aliphatic heterocycles. The standard InChI is InChI=1S/C16H25N3O4/c17-9-3-1-2-4-10-18-14(16(22)23)11-15(21)19-12-5-7-13(20)8-6-12/h5-8,14,18,20H,1-4,9-11,17H2,(H,19,21)(H,22,23)/p+1/t14-/m0/s1. The Bertz CT molecular complexity index is 491. The molecule has 0 heterocycles. The number of hydrogen-bond donors (Lipinski definition) is 4. The summed E-state index contributed by atoms with van der Waals surface area (Å²) in [6.07, 6.45) is 3.96. The summed E-state index contributed by atoms with van der Waals surface area (Å²) in [6.45, 7) is 1.57. The number of aromatic hydroxyl groups is 1. The Balaban J connectivity index is 2.35. The van der Waals surface area contributed by atoms with E-state index in [1.165, 1.54) is 12.1 Å². The molecule has 0 saturated carbocycles. The van der Waals surface area contributed by atoms with Crippen LogP contribution in [-0.4, -0.2) is 36.1 Å². The highest BCUT2D eigenvalue weighted by molar-refractivity contribution is 5.93. The maximum atomic E-state index is 11.9. The summed E-state index contributed by atoms with van der Waals surface area (Å²) in [5.41, 5.74) is 4.29. The van der Waals surface area contributed by atoms with Crippen LogP contribution in [0.1, 0.15) is 32.1 Å². The van der Waals surface area contributed by atoms with Crippen molar-refractivity contribution in [3.63, 3.8) is 0 Å². The summed E-state index contributed by atoms with van der Waals surface area (Å²) in [7, 11) is 0. The highest BCUT2D eigenvalue weighted by Crippen LogP contribution is 2.13. The van der Waals surface area contributed by atoms with E-state index < -0.39 is 17.9 Å². The first-order chi connectivity index (χ1) is 11.0. The number of benzene rings is 1. The predicted octanol–water partition coefficient (Wildman–Crippen LogP) is -1.79. The Labute approximate surface area is 135 Å². The van der Waals surface area contributed by atoms with Gasteiger partial charge in [-0.1, -0.05) is 0 Å². The summed E-state index contributed by atoms with van der Waals surface area (Å²) >= 11 is 0. The van der Waals surface area contributed by atoms with E-state index in [1.807, 2.05) is 0 Å². The van der Waals surface area contributed by atoms with E-state index in [0.717, 1.165) is 32.2 Å². The highest BCUT2D eigenvalue weighted by Gasteiger charge is 2.18. The van der Waals surface area contributed by atoms with Gasteiger partial charge in [-0.3, -0.25) is 4.79 Å². The van der Waals surface area contributed by atoms with Gasteiger partial charge in [-0.2, -0.15) is 0 Å². The molecule has 0 unspecified atom stereocenters. The van der Waals surface area contributed by atoms with Crippen molar-refractivity contribution in [2.24, 2.45) is 0 Å². The molecule has 7 nitrogen and oxygen atoms in total. The van der Waals surface area contributed by atoms with Crippen LogP contribution in [0.3, 0.4) is 0 Å². The molecular weight excluding hydrogens is 298 g/mol. The van der Waals surface area contributed by atoms with E-state index in [-0.39, 0.29) is 12.2 Å². The second kappa shape index (κ2) is 10.6. The third-order valence-corrected chi connectivity index (χ3v) is 3.51. The lowest BCUT2D eigenvalue weighted by Gasteiger charge is -2.16. The van der Waals surface area contributed by atoms with E-state index in [9.17, 15) is 19.8 Å². The van der Waals surface area contributed by atoms with Crippen LogP contribution in [0, 0.1) is 0 Å². The topological polar surface area (TPSA) is 134 Å². The van der Waals surface area contributed by atoms with Crippen LogP contribution in [0.2, 0.25) is 0 Å². The fraction of sp³-hybridized carbons (Fsp3) is 0.500. The summed E-state index contributed by atoms with van der Waals surface area (Å²) in [4.78, 5) is 23.0. The maximum Gasteiger partial charge on any atom is 0.230 e. The van der Waals surface area contributed by atoms with Crippen LogP contribution in [-0.2, 0) is 9.59 Å². The molecular formula is C16H26N3O4+. The molecule has 128 valence electrons. The monoisotopic (exact) mass is 324 g/mol. The Kier molecular flexibility index (Phi) is 8.71. The van der Waals surface area contributed by atoms with Crippen LogP contribution < -0.4 is 21.5 Å². The maximum absolute atomic E-state index is 11.9. The van der Waals surface area contributed by atoms with Crippen molar-refractivity contribution in [2.75, 3.05) is 18.4 Å². The molecule has 0 aromatic heterocycles. The van der Waals surface area contributed by atoms with Gasteiger partial charge < -0.3 is 31.4 Å². The molecule has 0 fully saturated rings. The van der Waals surface area contributed by atoms with Gasteiger partial charge in [-0.25, -0.2) is 0 Å². The number of anilines is 1. The Morgan fingerprint density at radius 3 is 2.43 bits per heavy atom. The molecule has 7 N–H and O–H groups in total. The van der Waals surface area contributed by atoms with Gasteiger partial charge in [0, 0.05) is 5.69 Å². The Hall–Kier alpha value is -2.12. The molecule has 1 atom stereocenters. The third kappa shape index (κ3) is 8.18. The number of phenols is 1. The van der Waals surface area contributed by atoms with Gasteiger partial charge in [0.25, 0.3) is 0 Å². The normalized spacial score (nSPS) is 11.9. The quantitative estimate of drug-likeness (QED) is 0.282. The average Bonchev–Trinajstić information content (AvgIpc) is 2.51. The predicted molar refractivity (Wildman–Crippen MR) is 83.2 cm³/mol. The highest BCUT2D eigenvalue weighted by atomic mass is 16.4. The van der Waals surface area contributed by atoms with Gasteiger partial charge in [0.05, 0.1) is 25.5 Å². The zero-order valence-corrected chi connectivity index (χ0v) is 13.3. The molecule has 1 aromatic rings. The molecule has 0 radical (unpaired) electrons. The summed E-state index contributed by atoms with van der Waals surface area (Å²) in [5.74, 6) is -1.52. The second-order valence-electron chi connectivity index (χ2n) is 5.52. The first kappa shape index (κ1) is 18.9. The lowest BCUT2D eigenvalue weighted by molar-refractivity contribution is -0.682. The summed E-state index contributed by atoms with van der Waals surface area (Å²) in [5, 5.41) is 24.6. The lowest BCUT2D eigenvalue weighted by Crippen LogP contribution is -2.93. The Morgan fingerprint density at radius 2 is 1.83 bits per heavy atom. The minimum atomic E-state index is -1.23. The number of nitrogens with two attached hydrogens (primary N) is 1. The molecule has 0 spiro atoms. The van der Waals surface area contributed by atoms with Gasteiger partial charge in [0.1, 0.15) is 11.8 Å². The molecule has 0 aliphatic carbocycles. The van der Waals surface area contributed by atoms with Gasteiger partial charge in [0.2, 0.25) is 5.91 Å². The van der Waals surface area contributed by atoms with Crippen LogP contribution in [0.4, 0.5) is 5.69 Å². The minimum absolute atomic E-state index is 0.0998. The summed E-state index contributed by atoms with van der Waals surface area (Å²) < 4.78 is 0. The third-order valence-electron chi connectivity index (χ3n) is 3.51. The van der Waals surface area contributed by atoms with Gasteiger partial charge in [-0.05, 0) is 49.9 Å².